The fourth-order valence-corrected chi connectivity index (χ4v) is 1.71. The number of anilines is 2. The van der Waals surface area contributed by atoms with Crippen molar-refractivity contribution in [3.63, 3.8) is 0 Å². The van der Waals surface area contributed by atoms with Crippen molar-refractivity contribution in [1.29, 1.82) is 0 Å². The van der Waals surface area contributed by atoms with Crippen molar-refractivity contribution in [3.8, 4) is 0 Å². The van der Waals surface area contributed by atoms with Crippen molar-refractivity contribution >= 4 is 23.1 Å². The number of nitrogens with zero attached hydrogens (tertiary/aromatic N) is 2. The second-order valence-electron chi connectivity index (χ2n) is 4.22. The molecule has 0 aliphatic carbocycles. The summed E-state index contributed by atoms with van der Waals surface area (Å²) in [5.41, 5.74) is 0.668. The Morgan fingerprint density at radius 1 is 1.33 bits per heavy atom. The van der Waals surface area contributed by atoms with Gasteiger partial charge in [0.05, 0.1) is 10.5 Å². The average molecular weight is 286 g/mol. The molecule has 1 amide bonds. The molecule has 2 N–H and O–H groups in total. The number of rotatable bonds is 5. The second-order valence-corrected chi connectivity index (χ2v) is 4.22. The van der Waals surface area contributed by atoms with Crippen LogP contribution in [0.2, 0.25) is 0 Å². The summed E-state index contributed by atoms with van der Waals surface area (Å²) in [5.74, 6) is 0.315. The van der Waals surface area contributed by atoms with E-state index in [1.165, 1.54) is 24.4 Å². The fraction of sp³-hybridized carbons (Fsp3) is 0.143. The summed E-state index contributed by atoms with van der Waals surface area (Å²) in [7, 11) is 0. The molecular formula is C14H14N4O3. The first-order valence-corrected chi connectivity index (χ1v) is 6.36. The SMILES string of the molecule is CCNc1ccc(C(=O)Nc2cccc([N+](=O)[O-])c2)cn1. The van der Waals surface area contributed by atoms with Crippen LogP contribution in [-0.4, -0.2) is 22.4 Å². The van der Waals surface area contributed by atoms with Gasteiger partial charge in [0.15, 0.2) is 0 Å². The predicted octanol–water partition coefficient (Wildman–Crippen LogP) is 2.67. The van der Waals surface area contributed by atoms with E-state index in [2.05, 4.69) is 15.6 Å². The van der Waals surface area contributed by atoms with Gasteiger partial charge in [0, 0.05) is 30.6 Å². The van der Waals surface area contributed by atoms with Crippen molar-refractivity contribution in [3.05, 3.63) is 58.3 Å². The van der Waals surface area contributed by atoms with Gasteiger partial charge in [0.25, 0.3) is 11.6 Å². The van der Waals surface area contributed by atoms with Gasteiger partial charge in [-0.1, -0.05) is 6.07 Å². The van der Waals surface area contributed by atoms with E-state index in [0.29, 0.717) is 17.1 Å². The molecule has 0 bridgehead atoms. The van der Waals surface area contributed by atoms with Gasteiger partial charge in [-0.2, -0.15) is 0 Å². The van der Waals surface area contributed by atoms with E-state index in [1.807, 2.05) is 6.92 Å². The topological polar surface area (TPSA) is 97.2 Å². The Labute approximate surface area is 121 Å². The Kier molecular flexibility index (Phi) is 4.45. The van der Waals surface area contributed by atoms with E-state index in [4.69, 9.17) is 0 Å². The summed E-state index contributed by atoms with van der Waals surface area (Å²) in [4.78, 5) is 26.3. The highest BCUT2D eigenvalue weighted by Crippen LogP contribution is 2.17. The lowest BCUT2D eigenvalue weighted by Crippen LogP contribution is -2.12. The molecule has 0 atom stereocenters. The number of nitro groups is 1. The number of benzene rings is 1. The molecule has 7 nitrogen and oxygen atoms in total. The molecule has 2 rings (SSSR count). The maximum absolute atomic E-state index is 12.0. The van der Waals surface area contributed by atoms with Crippen LogP contribution in [0, 0.1) is 10.1 Å². The number of hydrogen-bond acceptors (Lipinski definition) is 5. The zero-order valence-corrected chi connectivity index (χ0v) is 11.4. The first-order valence-electron chi connectivity index (χ1n) is 6.36. The zero-order valence-electron chi connectivity index (χ0n) is 11.4. The van der Waals surface area contributed by atoms with E-state index in [1.54, 1.807) is 18.2 Å². The van der Waals surface area contributed by atoms with E-state index in [-0.39, 0.29) is 11.6 Å². The lowest BCUT2D eigenvalue weighted by molar-refractivity contribution is -0.384. The average Bonchev–Trinajstić information content (AvgIpc) is 2.48. The summed E-state index contributed by atoms with van der Waals surface area (Å²) in [5, 5.41) is 16.3. The molecule has 1 aromatic heterocycles. The van der Waals surface area contributed by atoms with Gasteiger partial charge in [-0.25, -0.2) is 4.98 Å². The summed E-state index contributed by atoms with van der Waals surface area (Å²) in [6.07, 6.45) is 1.45. The minimum atomic E-state index is -0.511. The third kappa shape index (κ3) is 3.75. The molecule has 0 saturated carbocycles. The second kappa shape index (κ2) is 6.47. The molecule has 0 aliphatic heterocycles. The van der Waals surface area contributed by atoms with Crippen molar-refractivity contribution in [2.75, 3.05) is 17.2 Å². The van der Waals surface area contributed by atoms with Gasteiger partial charge in [-0.3, -0.25) is 14.9 Å². The lowest BCUT2D eigenvalue weighted by atomic mass is 10.2. The molecule has 0 radical (unpaired) electrons. The van der Waals surface area contributed by atoms with E-state index in [9.17, 15) is 14.9 Å². The van der Waals surface area contributed by atoms with Crippen LogP contribution < -0.4 is 10.6 Å². The third-order valence-corrected chi connectivity index (χ3v) is 2.70. The summed E-state index contributed by atoms with van der Waals surface area (Å²) >= 11 is 0. The number of carbonyl (C=O) groups is 1. The van der Waals surface area contributed by atoms with Gasteiger partial charge in [0.2, 0.25) is 0 Å². The number of amides is 1. The molecule has 0 spiro atoms. The maximum Gasteiger partial charge on any atom is 0.271 e. The van der Waals surface area contributed by atoms with Gasteiger partial charge >= 0.3 is 0 Å². The number of hydrogen-bond donors (Lipinski definition) is 2. The monoisotopic (exact) mass is 286 g/mol. The Morgan fingerprint density at radius 2 is 2.14 bits per heavy atom. The minimum absolute atomic E-state index is 0.0755. The Balaban J connectivity index is 2.10. The number of aromatic nitrogens is 1. The largest absolute Gasteiger partial charge is 0.370 e. The van der Waals surface area contributed by atoms with Crippen LogP contribution >= 0.6 is 0 Å². The Bertz CT molecular complexity index is 656. The number of pyridine rings is 1. The Hall–Kier alpha value is -2.96. The quantitative estimate of drug-likeness (QED) is 0.650. The van der Waals surface area contributed by atoms with Crippen molar-refractivity contribution < 1.29 is 9.72 Å². The van der Waals surface area contributed by atoms with Gasteiger partial charge in [-0.05, 0) is 25.1 Å². The van der Waals surface area contributed by atoms with Crippen LogP contribution in [0.4, 0.5) is 17.2 Å². The third-order valence-electron chi connectivity index (χ3n) is 2.70. The molecular weight excluding hydrogens is 272 g/mol. The van der Waals surface area contributed by atoms with Crippen LogP contribution in [0.1, 0.15) is 17.3 Å². The zero-order chi connectivity index (χ0) is 15.2. The maximum atomic E-state index is 12.0. The molecule has 108 valence electrons. The summed E-state index contributed by atoms with van der Waals surface area (Å²) in [6, 6.07) is 9.11. The molecule has 1 heterocycles. The van der Waals surface area contributed by atoms with Crippen LogP contribution in [0.15, 0.2) is 42.6 Å². The van der Waals surface area contributed by atoms with Crippen LogP contribution in [0.5, 0.6) is 0 Å². The summed E-state index contributed by atoms with van der Waals surface area (Å²) in [6.45, 7) is 2.69. The normalized spacial score (nSPS) is 9.95. The molecule has 21 heavy (non-hydrogen) atoms. The van der Waals surface area contributed by atoms with E-state index < -0.39 is 4.92 Å². The molecule has 0 unspecified atom stereocenters. The number of carbonyl (C=O) groups excluding carboxylic acids is 1. The highest BCUT2D eigenvalue weighted by Gasteiger charge is 2.10. The first kappa shape index (κ1) is 14.4. The first-order chi connectivity index (χ1) is 10.1. The van der Waals surface area contributed by atoms with Crippen LogP contribution in [0.3, 0.4) is 0 Å². The van der Waals surface area contributed by atoms with Crippen LogP contribution in [-0.2, 0) is 0 Å². The highest BCUT2D eigenvalue weighted by atomic mass is 16.6. The van der Waals surface area contributed by atoms with Gasteiger partial charge in [0.1, 0.15) is 5.82 Å². The highest BCUT2D eigenvalue weighted by molar-refractivity contribution is 6.04. The van der Waals surface area contributed by atoms with Crippen LogP contribution in [0.25, 0.3) is 0 Å². The molecule has 0 saturated heterocycles. The lowest BCUT2D eigenvalue weighted by Gasteiger charge is -2.06. The smallest absolute Gasteiger partial charge is 0.271 e. The van der Waals surface area contributed by atoms with Crippen molar-refractivity contribution in [2.24, 2.45) is 0 Å². The Morgan fingerprint density at radius 3 is 2.76 bits per heavy atom. The van der Waals surface area contributed by atoms with Crippen molar-refractivity contribution in [2.45, 2.75) is 6.92 Å². The van der Waals surface area contributed by atoms with E-state index in [0.717, 1.165) is 6.54 Å². The molecule has 0 aliphatic rings. The minimum Gasteiger partial charge on any atom is -0.370 e. The van der Waals surface area contributed by atoms with Crippen molar-refractivity contribution in [1.82, 2.24) is 4.98 Å². The summed E-state index contributed by atoms with van der Waals surface area (Å²) < 4.78 is 0. The fourth-order valence-electron chi connectivity index (χ4n) is 1.71. The number of nitro benzene ring substituents is 1. The molecule has 1 aromatic carbocycles. The number of nitrogens with one attached hydrogen (secondary N) is 2. The molecule has 7 heteroatoms. The van der Waals surface area contributed by atoms with Gasteiger partial charge in [-0.15, -0.1) is 0 Å². The molecule has 2 aromatic rings. The predicted molar refractivity (Wildman–Crippen MR) is 79.5 cm³/mol. The standard InChI is InChI=1S/C14H14N4O3/c1-2-15-13-7-6-10(9-16-13)14(19)17-11-4-3-5-12(8-11)18(20)21/h3-9H,2H2,1H3,(H,15,16)(H,17,19). The van der Waals surface area contributed by atoms with E-state index >= 15 is 0 Å². The number of non-ortho nitro benzene ring substituents is 1. The molecule has 0 fully saturated rings. The van der Waals surface area contributed by atoms with Gasteiger partial charge < -0.3 is 10.6 Å².